The molecule has 1 fully saturated rings. The minimum Gasteiger partial charge on any atom is -0.508 e. The van der Waals surface area contributed by atoms with Crippen LogP contribution in [0.2, 0.25) is 0 Å². The van der Waals surface area contributed by atoms with E-state index in [-0.39, 0.29) is 6.61 Å². The number of rotatable bonds is 3. The standard InChI is InChI=1S/C14H21NO2/c16-11-12-6-5-7-14(17)13(12)10-15-8-3-1-2-4-9-15/h5-7,16-17H,1-4,8-11H2. The van der Waals surface area contributed by atoms with Gasteiger partial charge in [-0.3, -0.25) is 4.90 Å². The Morgan fingerprint density at radius 2 is 1.76 bits per heavy atom. The highest BCUT2D eigenvalue weighted by Crippen LogP contribution is 2.24. The van der Waals surface area contributed by atoms with Crippen LogP contribution in [0.25, 0.3) is 0 Å². The van der Waals surface area contributed by atoms with Crippen molar-refractivity contribution in [3.05, 3.63) is 29.3 Å². The van der Waals surface area contributed by atoms with Gasteiger partial charge in [-0.15, -0.1) is 0 Å². The monoisotopic (exact) mass is 235 g/mol. The average Bonchev–Trinajstić information content (AvgIpc) is 2.60. The van der Waals surface area contributed by atoms with E-state index in [0.717, 1.165) is 30.8 Å². The van der Waals surface area contributed by atoms with Crippen LogP contribution < -0.4 is 0 Å². The topological polar surface area (TPSA) is 43.7 Å². The molecular formula is C14H21NO2. The maximum Gasteiger partial charge on any atom is 0.120 e. The Balaban J connectivity index is 2.11. The van der Waals surface area contributed by atoms with Gasteiger partial charge in [0.15, 0.2) is 0 Å². The number of aromatic hydroxyl groups is 1. The first-order chi connectivity index (χ1) is 8.31. The number of hydrogen-bond acceptors (Lipinski definition) is 3. The molecule has 0 amide bonds. The van der Waals surface area contributed by atoms with Crippen LogP contribution in [-0.2, 0) is 13.2 Å². The van der Waals surface area contributed by atoms with Gasteiger partial charge in [0.25, 0.3) is 0 Å². The van der Waals surface area contributed by atoms with E-state index in [2.05, 4.69) is 4.90 Å². The summed E-state index contributed by atoms with van der Waals surface area (Å²) in [4.78, 5) is 2.38. The molecule has 0 aliphatic carbocycles. The molecule has 17 heavy (non-hydrogen) atoms. The van der Waals surface area contributed by atoms with Crippen molar-refractivity contribution >= 4 is 0 Å². The second-order valence-corrected chi connectivity index (χ2v) is 4.76. The van der Waals surface area contributed by atoms with E-state index in [9.17, 15) is 10.2 Å². The summed E-state index contributed by atoms with van der Waals surface area (Å²) in [6.45, 7) is 2.94. The molecule has 0 aromatic heterocycles. The lowest BCUT2D eigenvalue weighted by Gasteiger charge is -2.21. The zero-order chi connectivity index (χ0) is 12.1. The van der Waals surface area contributed by atoms with Gasteiger partial charge in [0.05, 0.1) is 6.61 Å². The SMILES string of the molecule is OCc1cccc(O)c1CN1CCCCCC1. The molecule has 94 valence electrons. The van der Waals surface area contributed by atoms with Crippen LogP contribution in [0, 0.1) is 0 Å². The molecule has 1 aromatic rings. The van der Waals surface area contributed by atoms with Crippen molar-refractivity contribution in [2.45, 2.75) is 38.8 Å². The Hall–Kier alpha value is -1.06. The number of hydrogen-bond donors (Lipinski definition) is 2. The maximum absolute atomic E-state index is 9.89. The van der Waals surface area contributed by atoms with Gasteiger partial charge in [-0.25, -0.2) is 0 Å². The molecule has 0 atom stereocenters. The number of benzene rings is 1. The summed E-state index contributed by atoms with van der Waals surface area (Å²) < 4.78 is 0. The van der Waals surface area contributed by atoms with Gasteiger partial charge in [-0.2, -0.15) is 0 Å². The van der Waals surface area contributed by atoms with E-state index in [1.165, 1.54) is 25.7 Å². The van der Waals surface area contributed by atoms with Crippen LogP contribution >= 0.6 is 0 Å². The van der Waals surface area contributed by atoms with Crippen LogP contribution in [0.3, 0.4) is 0 Å². The van der Waals surface area contributed by atoms with Crippen LogP contribution in [0.5, 0.6) is 5.75 Å². The van der Waals surface area contributed by atoms with Crippen molar-refractivity contribution in [2.24, 2.45) is 0 Å². The molecule has 1 heterocycles. The van der Waals surface area contributed by atoms with Crippen LogP contribution in [-0.4, -0.2) is 28.2 Å². The summed E-state index contributed by atoms with van der Waals surface area (Å²) in [7, 11) is 0. The number of aliphatic hydroxyl groups excluding tert-OH is 1. The molecule has 0 unspecified atom stereocenters. The number of aliphatic hydroxyl groups is 1. The minimum atomic E-state index is -0.00241. The average molecular weight is 235 g/mol. The van der Waals surface area contributed by atoms with Gasteiger partial charge in [-0.1, -0.05) is 25.0 Å². The second kappa shape index (κ2) is 6.03. The van der Waals surface area contributed by atoms with Gasteiger partial charge >= 0.3 is 0 Å². The fourth-order valence-corrected chi connectivity index (χ4v) is 2.47. The minimum absolute atomic E-state index is 0.00241. The maximum atomic E-state index is 9.89. The van der Waals surface area contributed by atoms with E-state index in [0.29, 0.717) is 5.75 Å². The smallest absolute Gasteiger partial charge is 0.120 e. The molecule has 2 N–H and O–H groups in total. The lowest BCUT2D eigenvalue weighted by Crippen LogP contribution is -2.24. The van der Waals surface area contributed by atoms with E-state index in [1.807, 2.05) is 6.07 Å². The Morgan fingerprint density at radius 1 is 1.06 bits per heavy atom. The number of phenolic OH excluding ortho intramolecular Hbond substituents is 1. The molecule has 1 saturated heterocycles. The Labute approximate surface area is 103 Å². The van der Waals surface area contributed by atoms with E-state index in [1.54, 1.807) is 12.1 Å². The van der Waals surface area contributed by atoms with Crippen molar-refractivity contribution in [2.75, 3.05) is 13.1 Å². The lowest BCUT2D eigenvalue weighted by molar-refractivity contribution is 0.257. The molecule has 3 heteroatoms. The van der Waals surface area contributed by atoms with Crippen LogP contribution in [0.15, 0.2) is 18.2 Å². The highest BCUT2D eigenvalue weighted by Gasteiger charge is 2.14. The quantitative estimate of drug-likeness (QED) is 0.844. The highest BCUT2D eigenvalue weighted by molar-refractivity contribution is 5.38. The fraction of sp³-hybridized carbons (Fsp3) is 0.571. The Kier molecular flexibility index (Phi) is 4.40. The predicted molar refractivity (Wildman–Crippen MR) is 67.8 cm³/mol. The lowest BCUT2D eigenvalue weighted by atomic mass is 10.1. The van der Waals surface area contributed by atoms with Gasteiger partial charge in [0.2, 0.25) is 0 Å². The summed E-state index contributed by atoms with van der Waals surface area (Å²) in [5.74, 6) is 0.306. The Morgan fingerprint density at radius 3 is 2.41 bits per heavy atom. The summed E-state index contributed by atoms with van der Waals surface area (Å²) >= 11 is 0. The van der Waals surface area contributed by atoms with E-state index >= 15 is 0 Å². The molecule has 0 saturated carbocycles. The second-order valence-electron chi connectivity index (χ2n) is 4.76. The predicted octanol–water partition coefficient (Wildman–Crippen LogP) is 2.26. The van der Waals surface area contributed by atoms with Crippen molar-refractivity contribution in [1.29, 1.82) is 0 Å². The van der Waals surface area contributed by atoms with Crippen molar-refractivity contribution in [3.8, 4) is 5.75 Å². The van der Waals surface area contributed by atoms with E-state index in [4.69, 9.17) is 0 Å². The summed E-state index contributed by atoms with van der Waals surface area (Å²) in [6, 6.07) is 5.37. The molecule has 1 aliphatic heterocycles. The normalized spacial score (nSPS) is 17.9. The van der Waals surface area contributed by atoms with E-state index < -0.39 is 0 Å². The van der Waals surface area contributed by atoms with Crippen molar-refractivity contribution in [3.63, 3.8) is 0 Å². The third kappa shape index (κ3) is 3.20. The van der Waals surface area contributed by atoms with Gasteiger partial charge in [0.1, 0.15) is 5.75 Å². The molecule has 1 aliphatic rings. The van der Waals surface area contributed by atoms with Crippen LogP contribution in [0.4, 0.5) is 0 Å². The zero-order valence-corrected chi connectivity index (χ0v) is 10.2. The first-order valence-electron chi connectivity index (χ1n) is 6.44. The van der Waals surface area contributed by atoms with Gasteiger partial charge in [-0.05, 0) is 37.6 Å². The zero-order valence-electron chi connectivity index (χ0n) is 10.2. The first kappa shape index (κ1) is 12.4. The number of nitrogens with zero attached hydrogens (tertiary/aromatic N) is 1. The van der Waals surface area contributed by atoms with Gasteiger partial charge in [0, 0.05) is 12.1 Å². The summed E-state index contributed by atoms with van der Waals surface area (Å²) in [5, 5.41) is 19.2. The third-order valence-corrected chi connectivity index (χ3v) is 3.50. The largest absolute Gasteiger partial charge is 0.508 e. The molecule has 0 radical (unpaired) electrons. The summed E-state index contributed by atoms with van der Waals surface area (Å²) in [5.41, 5.74) is 1.73. The molecule has 3 nitrogen and oxygen atoms in total. The van der Waals surface area contributed by atoms with Crippen molar-refractivity contribution < 1.29 is 10.2 Å². The molecular weight excluding hydrogens is 214 g/mol. The first-order valence-corrected chi connectivity index (χ1v) is 6.44. The molecule has 2 rings (SSSR count). The summed E-state index contributed by atoms with van der Waals surface area (Å²) in [6.07, 6.45) is 5.10. The Bertz CT molecular complexity index is 357. The highest BCUT2D eigenvalue weighted by atomic mass is 16.3. The molecule has 1 aromatic carbocycles. The van der Waals surface area contributed by atoms with Crippen molar-refractivity contribution in [1.82, 2.24) is 4.90 Å². The van der Waals surface area contributed by atoms with Gasteiger partial charge < -0.3 is 10.2 Å². The number of likely N-dealkylation sites (tertiary alicyclic amines) is 1. The fourth-order valence-electron chi connectivity index (χ4n) is 2.47. The third-order valence-electron chi connectivity index (χ3n) is 3.50. The number of phenols is 1. The molecule has 0 bridgehead atoms. The molecule has 0 spiro atoms. The van der Waals surface area contributed by atoms with Crippen LogP contribution in [0.1, 0.15) is 36.8 Å².